The van der Waals surface area contributed by atoms with Crippen LogP contribution in [-0.2, 0) is 9.53 Å². The molecule has 182 valence electrons. The molecule has 1 N–H and O–H groups in total. The third-order valence-electron chi connectivity index (χ3n) is 5.37. The van der Waals surface area contributed by atoms with Gasteiger partial charge in [0, 0.05) is 10.6 Å². The van der Waals surface area contributed by atoms with Gasteiger partial charge in [-0.3, -0.25) is 9.36 Å². The van der Waals surface area contributed by atoms with Gasteiger partial charge in [0.05, 0.1) is 40.1 Å². The predicted molar refractivity (Wildman–Crippen MR) is 136 cm³/mol. The Balaban J connectivity index is 1.94. The molecule has 0 saturated carbocycles. The van der Waals surface area contributed by atoms with Crippen LogP contribution in [0.15, 0.2) is 57.5 Å². The summed E-state index contributed by atoms with van der Waals surface area (Å²) in [5.74, 6) is -0.0510. The van der Waals surface area contributed by atoms with E-state index in [1.807, 2.05) is 19.1 Å². The van der Waals surface area contributed by atoms with Gasteiger partial charge in [0.2, 0.25) is 0 Å². The lowest BCUT2D eigenvalue weighted by Crippen LogP contribution is -2.39. The molecule has 0 spiro atoms. The number of allylic oxidation sites excluding steroid dienone is 1. The lowest BCUT2D eigenvalue weighted by atomic mass is 9.96. The molecule has 10 heteroatoms. The molecule has 0 amide bonds. The number of ether oxygens (including phenoxy) is 2. The minimum absolute atomic E-state index is 0.0734. The van der Waals surface area contributed by atoms with Gasteiger partial charge in [0.1, 0.15) is 11.5 Å². The van der Waals surface area contributed by atoms with Crippen LogP contribution in [0, 0.1) is 0 Å². The zero-order valence-electron chi connectivity index (χ0n) is 19.2. The van der Waals surface area contributed by atoms with Crippen LogP contribution in [-0.4, -0.2) is 28.9 Å². The van der Waals surface area contributed by atoms with Gasteiger partial charge in [0.25, 0.3) is 5.56 Å². The van der Waals surface area contributed by atoms with E-state index in [-0.39, 0.29) is 28.5 Å². The second-order valence-electron chi connectivity index (χ2n) is 7.63. The van der Waals surface area contributed by atoms with Crippen LogP contribution < -0.4 is 19.6 Å². The molecule has 3 aromatic rings. The van der Waals surface area contributed by atoms with E-state index in [1.165, 1.54) is 22.8 Å². The number of thiazole rings is 1. The fraction of sp³-hybridized carbons (Fsp3) is 0.240. The molecule has 0 fully saturated rings. The molecule has 0 bridgehead atoms. The Bertz CT molecular complexity index is 1510. The number of aromatic nitrogens is 1. The fourth-order valence-electron chi connectivity index (χ4n) is 3.86. The van der Waals surface area contributed by atoms with Crippen molar-refractivity contribution in [2.24, 2.45) is 4.99 Å². The molecule has 1 aliphatic heterocycles. The van der Waals surface area contributed by atoms with E-state index < -0.39 is 12.0 Å². The normalized spacial score (nSPS) is 15.6. The van der Waals surface area contributed by atoms with Gasteiger partial charge in [0.15, 0.2) is 4.80 Å². The van der Waals surface area contributed by atoms with Crippen LogP contribution in [0.3, 0.4) is 0 Å². The maximum atomic E-state index is 13.6. The maximum absolute atomic E-state index is 13.6. The first-order chi connectivity index (χ1) is 16.7. The highest BCUT2D eigenvalue weighted by atomic mass is 35.5. The average Bonchev–Trinajstić information content (AvgIpc) is 3.11. The zero-order valence-corrected chi connectivity index (χ0v) is 21.5. The highest BCUT2D eigenvalue weighted by Crippen LogP contribution is 2.33. The SMILES string of the molecule is CCOC(=O)C1=C(C)N=c2sc(=Cc3cc(Cl)cc(Cl)c3O)c(=O)n2[C@H]1c1ccc(OCC)cc1. The monoisotopic (exact) mass is 532 g/mol. The van der Waals surface area contributed by atoms with Crippen molar-refractivity contribution in [3.8, 4) is 11.5 Å². The summed E-state index contributed by atoms with van der Waals surface area (Å²) in [6, 6.07) is 9.39. The van der Waals surface area contributed by atoms with E-state index in [0.717, 1.165) is 11.3 Å². The number of nitrogens with zero attached hydrogens (tertiary/aromatic N) is 2. The van der Waals surface area contributed by atoms with E-state index in [9.17, 15) is 14.7 Å². The number of fused-ring (bicyclic) bond motifs is 1. The highest BCUT2D eigenvalue weighted by molar-refractivity contribution is 7.07. The van der Waals surface area contributed by atoms with Crippen molar-refractivity contribution in [2.75, 3.05) is 13.2 Å². The van der Waals surface area contributed by atoms with E-state index in [4.69, 9.17) is 32.7 Å². The van der Waals surface area contributed by atoms with Crippen molar-refractivity contribution in [3.05, 3.63) is 88.5 Å². The van der Waals surface area contributed by atoms with Gasteiger partial charge >= 0.3 is 5.97 Å². The second-order valence-corrected chi connectivity index (χ2v) is 9.48. The highest BCUT2D eigenvalue weighted by Gasteiger charge is 2.33. The minimum Gasteiger partial charge on any atom is -0.506 e. The first-order valence-electron chi connectivity index (χ1n) is 10.9. The minimum atomic E-state index is -0.750. The summed E-state index contributed by atoms with van der Waals surface area (Å²) >= 11 is 13.3. The van der Waals surface area contributed by atoms with Gasteiger partial charge in [-0.25, -0.2) is 9.79 Å². The van der Waals surface area contributed by atoms with Gasteiger partial charge in [-0.1, -0.05) is 46.7 Å². The average molecular weight is 533 g/mol. The lowest BCUT2D eigenvalue weighted by Gasteiger charge is -2.24. The Labute approximate surface area is 215 Å². The Morgan fingerprint density at radius 1 is 1.20 bits per heavy atom. The number of rotatable bonds is 6. The van der Waals surface area contributed by atoms with Crippen molar-refractivity contribution >= 4 is 46.6 Å². The fourth-order valence-corrected chi connectivity index (χ4v) is 5.40. The number of aromatic hydroxyl groups is 1. The standard InChI is InChI=1S/C25H22Cl2N2O5S/c1-4-33-17-8-6-14(7-9-17)21-20(24(32)34-5-2)13(3)28-25-29(21)23(31)19(35-25)11-15-10-16(26)12-18(27)22(15)30/h6-12,21,30H,4-5H2,1-3H3/t21-/m0/s1. The van der Waals surface area contributed by atoms with Crippen molar-refractivity contribution < 1.29 is 19.4 Å². The summed E-state index contributed by atoms with van der Waals surface area (Å²) in [6.07, 6.45) is 1.51. The quantitative estimate of drug-likeness (QED) is 0.480. The summed E-state index contributed by atoms with van der Waals surface area (Å²) in [5, 5.41) is 10.8. The van der Waals surface area contributed by atoms with Crippen molar-refractivity contribution in [1.29, 1.82) is 0 Å². The molecule has 35 heavy (non-hydrogen) atoms. The summed E-state index contributed by atoms with van der Waals surface area (Å²) < 4.78 is 12.6. The van der Waals surface area contributed by atoms with Gasteiger partial charge in [-0.05, 0) is 56.7 Å². The third-order valence-corrected chi connectivity index (χ3v) is 6.86. The second kappa shape index (κ2) is 10.3. The number of phenolic OH excluding ortho intramolecular Hbond substituents is 1. The van der Waals surface area contributed by atoms with Gasteiger partial charge in [-0.2, -0.15) is 0 Å². The van der Waals surface area contributed by atoms with Crippen LogP contribution in [0.4, 0.5) is 0 Å². The van der Waals surface area contributed by atoms with E-state index in [0.29, 0.717) is 43.5 Å². The van der Waals surface area contributed by atoms with Crippen LogP contribution in [0.5, 0.6) is 11.5 Å². The first-order valence-corrected chi connectivity index (χ1v) is 12.4. The van der Waals surface area contributed by atoms with Crippen LogP contribution >= 0.6 is 34.5 Å². The molecule has 2 heterocycles. The molecule has 1 atom stereocenters. The van der Waals surface area contributed by atoms with E-state index in [1.54, 1.807) is 26.0 Å². The van der Waals surface area contributed by atoms with Crippen molar-refractivity contribution in [3.63, 3.8) is 0 Å². The molecule has 1 aliphatic rings. The first kappa shape index (κ1) is 25.0. The molecule has 0 aliphatic carbocycles. The Kier molecular flexibility index (Phi) is 7.35. The van der Waals surface area contributed by atoms with Crippen LogP contribution in [0.1, 0.15) is 37.9 Å². The molecule has 0 radical (unpaired) electrons. The number of benzene rings is 2. The molecular formula is C25H22Cl2N2O5S. The Hall–Kier alpha value is -3.07. The largest absolute Gasteiger partial charge is 0.506 e. The smallest absolute Gasteiger partial charge is 0.338 e. The summed E-state index contributed by atoms with van der Waals surface area (Å²) in [7, 11) is 0. The van der Waals surface area contributed by atoms with Crippen LogP contribution in [0.2, 0.25) is 10.0 Å². The maximum Gasteiger partial charge on any atom is 0.338 e. The zero-order chi connectivity index (χ0) is 25.3. The number of phenols is 1. The molecule has 7 nitrogen and oxygen atoms in total. The van der Waals surface area contributed by atoms with E-state index >= 15 is 0 Å². The lowest BCUT2D eigenvalue weighted by molar-refractivity contribution is -0.139. The summed E-state index contributed by atoms with van der Waals surface area (Å²) in [5.41, 5.74) is 1.36. The number of esters is 1. The topological polar surface area (TPSA) is 90.1 Å². The summed E-state index contributed by atoms with van der Waals surface area (Å²) in [4.78, 5) is 31.5. The molecule has 4 rings (SSSR count). The predicted octanol–water partition coefficient (Wildman–Crippen LogP) is 4.21. The molecule has 0 unspecified atom stereocenters. The number of halogens is 2. The summed E-state index contributed by atoms with van der Waals surface area (Å²) in [6.45, 7) is 6.03. The number of hydrogen-bond donors (Lipinski definition) is 1. The number of hydrogen-bond acceptors (Lipinski definition) is 7. The van der Waals surface area contributed by atoms with E-state index in [2.05, 4.69) is 4.99 Å². The Morgan fingerprint density at radius 3 is 2.57 bits per heavy atom. The molecule has 2 aromatic carbocycles. The molecular weight excluding hydrogens is 511 g/mol. The van der Waals surface area contributed by atoms with Gasteiger partial charge < -0.3 is 14.6 Å². The number of carbonyl (C=O) groups is 1. The third kappa shape index (κ3) is 4.87. The Morgan fingerprint density at radius 2 is 1.91 bits per heavy atom. The molecule has 1 aromatic heterocycles. The molecule has 0 saturated heterocycles. The van der Waals surface area contributed by atoms with Gasteiger partial charge in [-0.15, -0.1) is 0 Å². The number of carbonyl (C=O) groups excluding carboxylic acids is 1. The van der Waals surface area contributed by atoms with Crippen molar-refractivity contribution in [2.45, 2.75) is 26.8 Å². The van der Waals surface area contributed by atoms with Crippen LogP contribution in [0.25, 0.3) is 6.08 Å². The van der Waals surface area contributed by atoms with Crippen molar-refractivity contribution in [1.82, 2.24) is 4.57 Å².